The van der Waals surface area contributed by atoms with E-state index >= 15 is 22.0 Å². The van der Waals surface area contributed by atoms with Crippen LogP contribution in [0.15, 0.2) is 97.1 Å². The molecule has 2 aliphatic rings. The zero-order valence-electron chi connectivity index (χ0n) is 32.6. The number of thiophene rings is 6. The lowest BCUT2D eigenvalue weighted by Gasteiger charge is -2.35. The van der Waals surface area contributed by atoms with Crippen LogP contribution in [0.4, 0.5) is 22.0 Å². The Bertz CT molecular complexity index is 2710. The van der Waals surface area contributed by atoms with Gasteiger partial charge in [0.2, 0.25) is 5.67 Å². The first kappa shape index (κ1) is 38.7. The lowest BCUT2D eigenvalue weighted by molar-refractivity contribution is -0.173. The van der Waals surface area contributed by atoms with E-state index in [1.54, 1.807) is 34.8 Å². The molecule has 58 heavy (non-hydrogen) atoms. The first-order valence-electron chi connectivity index (χ1n) is 18.9. The summed E-state index contributed by atoms with van der Waals surface area (Å²) < 4.78 is 87.7. The summed E-state index contributed by atoms with van der Waals surface area (Å²) in [5.74, 6) is -9.05. The molecule has 0 unspecified atom stereocenters. The predicted octanol–water partition coefficient (Wildman–Crippen LogP) is 16.9. The Morgan fingerprint density at radius 3 is 1.19 bits per heavy atom. The molecule has 0 aliphatic heterocycles. The summed E-state index contributed by atoms with van der Waals surface area (Å²) >= 11 is 8.99. The Balaban J connectivity index is 1.40. The maximum absolute atomic E-state index is 17.2. The molecule has 0 spiro atoms. The number of benzene rings is 2. The minimum atomic E-state index is -4.52. The van der Waals surface area contributed by atoms with Gasteiger partial charge in [-0.25, -0.2) is 4.39 Å². The largest absolute Gasteiger partial charge is 0.313 e. The number of rotatable bonds is 4. The summed E-state index contributed by atoms with van der Waals surface area (Å²) in [6, 6.07) is 31.5. The molecule has 0 nitrogen and oxygen atoms in total. The highest BCUT2D eigenvalue weighted by Gasteiger charge is 2.77. The Labute approximate surface area is 358 Å². The van der Waals surface area contributed by atoms with E-state index in [-0.39, 0.29) is 22.0 Å². The van der Waals surface area contributed by atoms with Gasteiger partial charge in [0.15, 0.2) is 0 Å². The van der Waals surface area contributed by atoms with Gasteiger partial charge in [0.1, 0.15) is 5.41 Å². The average Bonchev–Trinajstić information content (AvgIpc) is 4.01. The van der Waals surface area contributed by atoms with E-state index in [0.29, 0.717) is 26.4 Å². The molecule has 0 amide bonds. The summed E-state index contributed by atoms with van der Waals surface area (Å²) in [6.07, 6.45) is 0. The van der Waals surface area contributed by atoms with Crippen LogP contribution < -0.4 is 0 Å². The highest BCUT2D eigenvalue weighted by Crippen LogP contribution is 2.71. The van der Waals surface area contributed by atoms with Crippen LogP contribution in [0.2, 0.25) is 0 Å². The standard InChI is InChI=1S/C47H37F5S6/c1-42(2,3)34-16-18-36(57-34)45(37-19-17-35(58-37)43(4,5)6)40-26(22-32(55-40)30-20-24-12-8-10-14-28(24)53-30)38-39(47(51,52)44(7,48)46(38,49)50)27-23-33(56-41(27)45)31-21-25-13-9-11-15-29(25)54-31/h8-23H,1-7H3. The maximum atomic E-state index is 17.2. The molecule has 6 aromatic heterocycles. The smallest absolute Gasteiger partial charge is 0.230 e. The van der Waals surface area contributed by atoms with Crippen molar-refractivity contribution in [3.63, 3.8) is 0 Å². The normalized spacial score (nSPS) is 18.1. The molecule has 2 aliphatic carbocycles. The number of fused-ring (bicyclic) bond motifs is 6. The van der Waals surface area contributed by atoms with Crippen LogP contribution in [0, 0.1) is 0 Å². The molecule has 8 aromatic rings. The Kier molecular flexibility index (Phi) is 8.38. The molecule has 0 N–H and O–H groups in total. The number of allylic oxidation sites excluding steroid dienone is 2. The van der Waals surface area contributed by atoms with Crippen molar-refractivity contribution in [3.8, 4) is 19.5 Å². The van der Waals surface area contributed by atoms with Gasteiger partial charge in [0.25, 0.3) is 0 Å². The molecule has 296 valence electrons. The molecule has 0 fully saturated rings. The second-order valence-electron chi connectivity index (χ2n) is 17.5. The second-order valence-corrected chi connectivity index (χ2v) is 23.9. The van der Waals surface area contributed by atoms with Crippen molar-refractivity contribution in [2.24, 2.45) is 0 Å². The van der Waals surface area contributed by atoms with Crippen LogP contribution in [0.3, 0.4) is 0 Å². The van der Waals surface area contributed by atoms with E-state index in [9.17, 15) is 0 Å². The lowest BCUT2D eigenvalue weighted by Crippen LogP contribution is -2.50. The molecule has 11 heteroatoms. The number of halogens is 5. The number of alkyl halides is 5. The van der Waals surface area contributed by atoms with Crippen LogP contribution in [0.25, 0.3) is 50.8 Å². The van der Waals surface area contributed by atoms with Crippen molar-refractivity contribution in [2.75, 3.05) is 0 Å². The first-order chi connectivity index (χ1) is 27.2. The van der Waals surface area contributed by atoms with E-state index < -0.39 is 34.1 Å². The summed E-state index contributed by atoms with van der Waals surface area (Å²) in [5.41, 5.74) is -7.81. The molecule has 0 saturated carbocycles. The highest BCUT2D eigenvalue weighted by atomic mass is 32.1. The van der Waals surface area contributed by atoms with E-state index in [2.05, 4.69) is 65.8 Å². The molecule has 6 heterocycles. The Morgan fingerprint density at radius 1 is 0.448 bits per heavy atom. The minimum absolute atomic E-state index is 0.0123. The van der Waals surface area contributed by atoms with Gasteiger partial charge in [-0.3, -0.25) is 0 Å². The van der Waals surface area contributed by atoms with Gasteiger partial charge < -0.3 is 0 Å². The van der Waals surface area contributed by atoms with Crippen molar-refractivity contribution < 1.29 is 22.0 Å². The molecule has 0 atom stereocenters. The average molecular weight is 889 g/mol. The third-order valence-electron chi connectivity index (χ3n) is 11.5. The lowest BCUT2D eigenvalue weighted by atomic mass is 9.77. The van der Waals surface area contributed by atoms with Crippen molar-refractivity contribution in [2.45, 2.75) is 82.2 Å². The van der Waals surface area contributed by atoms with Crippen LogP contribution in [-0.2, 0) is 16.2 Å². The fourth-order valence-corrected chi connectivity index (χ4v) is 16.3. The highest BCUT2D eigenvalue weighted by molar-refractivity contribution is 7.27. The molecule has 0 saturated heterocycles. The van der Waals surface area contributed by atoms with E-state index in [1.807, 2.05) is 60.7 Å². The quantitative estimate of drug-likeness (QED) is 0.155. The first-order valence-corrected chi connectivity index (χ1v) is 23.8. The zero-order valence-corrected chi connectivity index (χ0v) is 37.5. The summed E-state index contributed by atoms with van der Waals surface area (Å²) in [4.78, 5) is 7.92. The Hall–Kier alpha value is -3.45. The van der Waals surface area contributed by atoms with Crippen LogP contribution in [0.1, 0.15) is 88.9 Å². The number of hydrogen-bond donors (Lipinski definition) is 0. The zero-order chi connectivity index (χ0) is 40.9. The minimum Gasteiger partial charge on any atom is -0.230 e. The monoisotopic (exact) mass is 888 g/mol. The van der Waals surface area contributed by atoms with E-state index in [0.717, 1.165) is 49.4 Å². The van der Waals surface area contributed by atoms with Crippen molar-refractivity contribution in [3.05, 3.63) is 137 Å². The Morgan fingerprint density at radius 2 is 0.828 bits per heavy atom. The van der Waals surface area contributed by atoms with Gasteiger partial charge in [0, 0.05) is 80.4 Å². The fraction of sp³-hybridized carbons (Fsp3) is 0.277. The van der Waals surface area contributed by atoms with Gasteiger partial charge in [-0.1, -0.05) is 77.9 Å². The van der Waals surface area contributed by atoms with Gasteiger partial charge in [0.05, 0.1) is 0 Å². The van der Waals surface area contributed by atoms with Crippen LogP contribution in [0.5, 0.6) is 0 Å². The van der Waals surface area contributed by atoms with E-state index in [1.165, 1.54) is 45.3 Å². The molecule has 2 aromatic carbocycles. The summed E-state index contributed by atoms with van der Waals surface area (Å²) in [6.45, 7) is 13.2. The fourth-order valence-electron chi connectivity index (χ4n) is 8.31. The number of hydrogen-bond acceptors (Lipinski definition) is 6. The van der Waals surface area contributed by atoms with Gasteiger partial charge in [-0.15, -0.1) is 68.0 Å². The van der Waals surface area contributed by atoms with Crippen molar-refractivity contribution in [1.82, 2.24) is 0 Å². The predicted molar refractivity (Wildman–Crippen MR) is 242 cm³/mol. The third-order valence-corrected chi connectivity index (χ3v) is 19.9. The van der Waals surface area contributed by atoms with Crippen LogP contribution in [-0.4, -0.2) is 17.5 Å². The second kappa shape index (κ2) is 12.6. The molecular formula is C47H37F5S6. The summed E-state index contributed by atoms with van der Waals surface area (Å²) in [7, 11) is 0. The van der Waals surface area contributed by atoms with Crippen molar-refractivity contribution in [1.29, 1.82) is 0 Å². The molecular weight excluding hydrogens is 852 g/mol. The van der Waals surface area contributed by atoms with Crippen molar-refractivity contribution >= 4 is 99.3 Å². The topological polar surface area (TPSA) is 0 Å². The SMILES string of the molecule is CC(C)(C)c1ccc(C2(c3ccc(C(C)(C)C)s3)c3sc(-c4cc5ccccc5s4)cc3C3=C(c4cc(-c5cc6ccccc6s5)sc42)C(F)(F)C(C)(F)C3(F)F)s1. The summed E-state index contributed by atoms with van der Waals surface area (Å²) in [5, 5.41) is 2.00. The van der Waals surface area contributed by atoms with Gasteiger partial charge in [-0.05, 0) is 89.2 Å². The van der Waals surface area contributed by atoms with Crippen LogP contribution >= 0.6 is 68.0 Å². The molecule has 10 rings (SSSR count). The maximum Gasteiger partial charge on any atom is 0.313 e. The molecule has 0 bridgehead atoms. The van der Waals surface area contributed by atoms with Gasteiger partial charge in [-0.2, -0.15) is 17.6 Å². The third kappa shape index (κ3) is 5.29. The molecule has 0 radical (unpaired) electrons. The van der Waals surface area contributed by atoms with Gasteiger partial charge >= 0.3 is 11.8 Å². The van der Waals surface area contributed by atoms with E-state index in [4.69, 9.17) is 0 Å².